The predicted octanol–water partition coefficient (Wildman–Crippen LogP) is 7.05. The van der Waals surface area contributed by atoms with Crippen molar-refractivity contribution in [3.8, 4) is 11.1 Å². The van der Waals surface area contributed by atoms with Crippen molar-refractivity contribution in [2.24, 2.45) is 5.92 Å². The van der Waals surface area contributed by atoms with Gasteiger partial charge in [0, 0.05) is 5.56 Å². The number of ether oxygens (including phenoxy) is 1. The van der Waals surface area contributed by atoms with E-state index in [1.807, 2.05) is 24.3 Å². The molecular weight excluding hydrogens is 335 g/mol. The molecule has 142 valence electrons. The number of hydrogen-bond acceptors (Lipinski definition) is 1. The van der Waals surface area contributed by atoms with E-state index in [2.05, 4.69) is 31.4 Å². The quantitative estimate of drug-likeness (QED) is 0.360. The summed E-state index contributed by atoms with van der Waals surface area (Å²) >= 11 is 0. The second-order valence-corrected chi connectivity index (χ2v) is 7.44. The van der Waals surface area contributed by atoms with Crippen molar-refractivity contribution in [1.29, 1.82) is 0 Å². The maximum absolute atomic E-state index is 14.6. The van der Waals surface area contributed by atoms with E-state index >= 15 is 0 Å². The summed E-state index contributed by atoms with van der Waals surface area (Å²) < 4.78 is 19.9. The predicted molar refractivity (Wildman–Crippen MR) is 111 cm³/mol. The Balaban J connectivity index is 1.79. The van der Waals surface area contributed by atoms with Gasteiger partial charge in [-0.25, -0.2) is 4.39 Å². The molecule has 1 aliphatic carbocycles. The van der Waals surface area contributed by atoms with Crippen molar-refractivity contribution < 1.29 is 9.13 Å². The number of halogens is 1. The molecule has 2 heteroatoms. The van der Waals surface area contributed by atoms with Crippen LogP contribution in [0.5, 0.6) is 0 Å². The number of rotatable bonds is 8. The number of benzene rings is 2. The van der Waals surface area contributed by atoms with E-state index in [0.29, 0.717) is 18.1 Å². The highest BCUT2D eigenvalue weighted by atomic mass is 19.1. The lowest BCUT2D eigenvalue weighted by molar-refractivity contribution is 0.146. The first-order chi connectivity index (χ1) is 13.2. The molecule has 0 radical (unpaired) electrons. The van der Waals surface area contributed by atoms with Crippen molar-refractivity contribution in [3.05, 3.63) is 84.7 Å². The first kappa shape index (κ1) is 19.6. The van der Waals surface area contributed by atoms with Crippen LogP contribution >= 0.6 is 0 Å². The zero-order valence-electron chi connectivity index (χ0n) is 16.0. The van der Waals surface area contributed by atoms with E-state index in [4.69, 9.17) is 4.74 Å². The van der Waals surface area contributed by atoms with E-state index in [1.54, 1.807) is 12.1 Å². The molecule has 1 fully saturated rings. The smallest absolute Gasteiger partial charge is 0.129 e. The van der Waals surface area contributed by atoms with Crippen LogP contribution < -0.4 is 0 Å². The van der Waals surface area contributed by atoms with Crippen LogP contribution in [0.1, 0.15) is 49.1 Å². The van der Waals surface area contributed by atoms with Gasteiger partial charge in [0.25, 0.3) is 0 Å². The number of allylic oxidation sites excluding steroid dienone is 1. The molecule has 0 atom stereocenters. The Morgan fingerprint density at radius 2 is 1.78 bits per heavy atom. The molecule has 0 aliphatic heterocycles. The van der Waals surface area contributed by atoms with Gasteiger partial charge in [-0.15, -0.1) is 13.2 Å². The molecule has 1 aliphatic rings. The molecule has 2 aromatic carbocycles. The van der Waals surface area contributed by atoms with Crippen LogP contribution in [-0.4, -0.2) is 6.61 Å². The molecule has 0 heterocycles. The average Bonchev–Trinajstić information content (AvgIpc) is 2.70. The monoisotopic (exact) mass is 364 g/mol. The summed E-state index contributed by atoms with van der Waals surface area (Å²) in [6.07, 6.45) is 9.73. The van der Waals surface area contributed by atoms with Gasteiger partial charge < -0.3 is 4.74 Å². The fourth-order valence-corrected chi connectivity index (χ4v) is 4.14. The molecule has 0 amide bonds. The van der Waals surface area contributed by atoms with Gasteiger partial charge in [-0.1, -0.05) is 48.6 Å². The molecule has 3 rings (SSSR count). The first-order valence-electron chi connectivity index (χ1n) is 9.90. The second-order valence-electron chi connectivity index (χ2n) is 7.44. The maximum atomic E-state index is 14.6. The summed E-state index contributed by atoms with van der Waals surface area (Å²) in [5, 5.41) is 0. The van der Waals surface area contributed by atoms with Gasteiger partial charge in [-0.05, 0) is 66.7 Å². The second kappa shape index (κ2) is 9.66. The van der Waals surface area contributed by atoms with E-state index in [1.165, 1.54) is 31.2 Å². The van der Waals surface area contributed by atoms with Crippen LogP contribution in [0.3, 0.4) is 0 Å². The van der Waals surface area contributed by atoms with Crippen LogP contribution in [0, 0.1) is 11.7 Å². The molecule has 27 heavy (non-hydrogen) atoms. The Hall–Kier alpha value is -2.19. The van der Waals surface area contributed by atoms with E-state index in [9.17, 15) is 4.39 Å². The summed E-state index contributed by atoms with van der Waals surface area (Å²) in [7, 11) is 0. The molecule has 0 aromatic heterocycles. The molecule has 0 N–H and O–H groups in total. The van der Waals surface area contributed by atoms with Gasteiger partial charge >= 0.3 is 0 Å². The third kappa shape index (κ3) is 4.95. The van der Waals surface area contributed by atoms with Crippen LogP contribution in [-0.2, 0) is 11.3 Å². The van der Waals surface area contributed by atoms with E-state index in [-0.39, 0.29) is 12.4 Å². The minimum Gasteiger partial charge on any atom is -0.373 e. The topological polar surface area (TPSA) is 9.23 Å². The molecule has 1 saturated carbocycles. The maximum Gasteiger partial charge on any atom is 0.129 e. The van der Waals surface area contributed by atoms with Gasteiger partial charge in [0.15, 0.2) is 0 Å². The van der Waals surface area contributed by atoms with Gasteiger partial charge in [0.1, 0.15) is 5.82 Å². The lowest BCUT2D eigenvalue weighted by atomic mass is 9.76. The summed E-state index contributed by atoms with van der Waals surface area (Å²) in [6.45, 7) is 8.19. The normalized spacial score (nSPS) is 19.6. The van der Waals surface area contributed by atoms with Crippen LogP contribution in [0.4, 0.5) is 4.39 Å². The van der Waals surface area contributed by atoms with Crippen molar-refractivity contribution in [1.82, 2.24) is 0 Å². The summed E-state index contributed by atoms with van der Waals surface area (Å²) in [4.78, 5) is 0. The Kier molecular flexibility index (Phi) is 7.00. The highest BCUT2D eigenvalue weighted by molar-refractivity contribution is 5.68. The fourth-order valence-electron chi connectivity index (χ4n) is 4.14. The van der Waals surface area contributed by atoms with Crippen LogP contribution in [0.15, 0.2) is 67.8 Å². The standard InChI is InChI=1S/C25H29FO/c1-3-7-19-10-12-20(13-11-19)23-8-5-6-9-24(23)21-14-15-22(25(26)17-21)18-27-16-4-2/h3-6,8-9,14-15,17,19-20H,1-2,7,10-13,16,18H2/t19-,20-. The Morgan fingerprint density at radius 3 is 2.48 bits per heavy atom. The molecule has 0 unspecified atom stereocenters. The molecule has 1 nitrogen and oxygen atoms in total. The molecule has 2 aromatic rings. The van der Waals surface area contributed by atoms with Gasteiger partial charge in [-0.2, -0.15) is 0 Å². The van der Waals surface area contributed by atoms with Gasteiger partial charge in [0.2, 0.25) is 0 Å². The minimum absolute atomic E-state index is 0.207. The Bertz CT molecular complexity index is 772. The van der Waals surface area contributed by atoms with E-state index in [0.717, 1.165) is 23.5 Å². The average molecular weight is 365 g/mol. The van der Waals surface area contributed by atoms with Crippen LogP contribution in [0.25, 0.3) is 11.1 Å². The Labute approximate surface area is 162 Å². The highest BCUT2D eigenvalue weighted by Gasteiger charge is 2.23. The van der Waals surface area contributed by atoms with Crippen LogP contribution in [0.2, 0.25) is 0 Å². The molecular formula is C25H29FO. The van der Waals surface area contributed by atoms with Crippen molar-refractivity contribution in [2.45, 2.75) is 44.6 Å². The largest absolute Gasteiger partial charge is 0.373 e. The van der Waals surface area contributed by atoms with E-state index < -0.39 is 0 Å². The molecule has 0 saturated heterocycles. The summed E-state index contributed by atoms with van der Waals surface area (Å²) in [5.41, 5.74) is 4.04. The highest BCUT2D eigenvalue weighted by Crippen LogP contribution is 2.41. The number of hydrogen-bond donors (Lipinski definition) is 0. The minimum atomic E-state index is -0.207. The SMILES string of the molecule is C=CCOCc1ccc(-c2ccccc2[C@H]2CC[C@H](CC=C)CC2)cc1F. The first-order valence-corrected chi connectivity index (χ1v) is 9.90. The lowest BCUT2D eigenvalue weighted by Crippen LogP contribution is -2.13. The molecule has 0 spiro atoms. The lowest BCUT2D eigenvalue weighted by Gasteiger charge is -2.29. The summed E-state index contributed by atoms with van der Waals surface area (Å²) in [5.74, 6) is 1.13. The van der Waals surface area contributed by atoms with Gasteiger partial charge in [-0.3, -0.25) is 0 Å². The van der Waals surface area contributed by atoms with Crippen molar-refractivity contribution in [3.63, 3.8) is 0 Å². The zero-order chi connectivity index (χ0) is 19.1. The fraction of sp³-hybridized carbons (Fsp3) is 0.360. The van der Waals surface area contributed by atoms with Crippen molar-refractivity contribution in [2.75, 3.05) is 6.61 Å². The van der Waals surface area contributed by atoms with Crippen molar-refractivity contribution >= 4 is 0 Å². The Morgan fingerprint density at radius 1 is 1.00 bits per heavy atom. The third-order valence-corrected chi connectivity index (χ3v) is 5.60. The third-order valence-electron chi connectivity index (χ3n) is 5.60. The van der Waals surface area contributed by atoms with Gasteiger partial charge in [0.05, 0.1) is 13.2 Å². The zero-order valence-corrected chi connectivity index (χ0v) is 16.0. The summed E-state index contributed by atoms with van der Waals surface area (Å²) in [6, 6.07) is 14.0. The molecule has 0 bridgehead atoms.